The molecule has 3 fully saturated rings. The maximum atomic E-state index is 2.85. The predicted molar refractivity (Wildman–Crippen MR) is 84.2 cm³/mol. The first-order valence-corrected chi connectivity index (χ1v) is 8.57. The molecule has 0 bridgehead atoms. The Bertz CT molecular complexity index is 301. The highest BCUT2D eigenvalue weighted by molar-refractivity contribution is 4.90. The van der Waals surface area contributed by atoms with Gasteiger partial charge in [-0.2, -0.15) is 0 Å². The predicted octanol–water partition coefficient (Wildman–Crippen LogP) is 0.792. The van der Waals surface area contributed by atoms with Crippen LogP contribution < -0.4 is 0 Å². The summed E-state index contributed by atoms with van der Waals surface area (Å²) in [6.07, 6.45) is 5.70. The van der Waals surface area contributed by atoms with Crippen molar-refractivity contribution in [2.75, 3.05) is 66.5 Å². The van der Waals surface area contributed by atoms with Gasteiger partial charge in [0.25, 0.3) is 0 Å². The Balaban J connectivity index is 1.47. The molecule has 20 heavy (non-hydrogen) atoms. The lowest BCUT2D eigenvalue weighted by Crippen LogP contribution is -2.58. The van der Waals surface area contributed by atoms with Crippen LogP contribution in [0, 0.1) is 0 Å². The van der Waals surface area contributed by atoms with Gasteiger partial charge in [0.2, 0.25) is 0 Å². The molecule has 4 heteroatoms. The number of rotatable bonds is 3. The van der Waals surface area contributed by atoms with E-state index in [-0.39, 0.29) is 0 Å². The quantitative estimate of drug-likeness (QED) is 0.758. The van der Waals surface area contributed by atoms with Crippen molar-refractivity contribution in [1.29, 1.82) is 0 Å². The van der Waals surface area contributed by atoms with Crippen LogP contribution in [0.3, 0.4) is 0 Å². The third kappa shape index (κ3) is 3.53. The van der Waals surface area contributed by atoms with Crippen LogP contribution in [-0.2, 0) is 0 Å². The van der Waals surface area contributed by atoms with Crippen LogP contribution in [0.15, 0.2) is 0 Å². The molecule has 0 spiro atoms. The Kier molecular flexibility index (Phi) is 4.97. The molecule has 0 aromatic carbocycles. The standard InChI is InChI=1S/C16H32N4/c1-17-8-11-19(12-9-17)7-6-15-4-3-5-16-14-18(2)10-13-20(15)16/h15-16H,3-14H2,1-2H3. The molecule has 0 saturated carbocycles. The summed E-state index contributed by atoms with van der Waals surface area (Å²) in [4.78, 5) is 10.5. The van der Waals surface area contributed by atoms with Crippen molar-refractivity contribution in [1.82, 2.24) is 19.6 Å². The van der Waals surface area contributed by atoms with Crippen molar-refractivity contribution in [3.63, 3.8) is 0 Å². The molecular formula is C16H32N4. The van der Waals surface area contributed by atoms with E-state index in [1.54, 1.807) is 0 Å². The molecule has 3 aliphatic rings. The molecule has 0 N–H and O–H groups in total. The third-order valence-electron chi connectivity index (χ3n) is 5.65. The minimum atomic E-state index is 0.847. The zero-order valence-corrected chi connectivity index (χ0v) is 13.4. The van der Waals surface area contributed by atoms with Crippen LogP contribution in [-0.4, -0.2) is 98.1 Å². The molecule has 4 nitrogen and oxygen atoms in total. The molecule has 3 aliphatic heterocycles. The van der Waals surface area contributed by atoms with Gasteiger partial charge in [0.1, 0.15) is 0 Å². The van der Waals surface area contributed by atoms with Crippen LogP contribution in [0.1, 0.15) is 25.7 Å². The van der Waals surface area contributed by atoms with E-state index in [2.05, 4.69) is 33.7 Å². The fourth-order valence-corrected chi connectivity index (χ4v) is 4.23. The van der Waals surface area contributed by atoms with Crippen molar-refractivity contribution in [3.05, 3.63) is 0 Å². The molecule has 3 rings (SSSR count). The van der Waals surface area contributed by atoms with Gasteiger partial charge in [0.05, 0.1) is 0 Å². The number of hydrogen-bond donors (Lipinski definition) is 0. The average Bonchev–Trinajstić information content (AvgIpc) is 2.46. The molecule has 2 atom stereocenters. The van der Waals surface area contributed by atoms with Crippen molar-refractivity contribution < 1.29 is 0 Å². The number of hydrogen-bond acceptors (Lipinski definition) is 4. The first kappa shape index (κ1) is 14.8. The zero-order chi connectivity index (χ0) is 13.9. The van der Waals surface area contributed by atoms with Gasteiger partial charge in [-0.15, -0.1) is 0 Å². The molecule has 0 aromatic rings. The van der Waals surface area contributed by atoms with E-state index in [1.165, 1.54) is 78.0 Å². The molecule has 2 unspecified atom stereocenters. The van der Waals surface area contributed by atoms with Crippen LogP contribution >= 0.6 is 0 Å². The van der Waals surface area contributed by atoms with Crippen LogP contribution in [0.5, 0.6) is 0 Å². The van der Waals surface area contributed by atoms with Gasteiger partial charge in [-0.3, -0.25) is 4.90 Å². The Morgan fingerprint density at radius 3 is 2.40 bits per heavy atom. The largest absolute Gasteiger partial charge is 0.304 e. The van der Waals surface area contributed by atoms with E-state index < -0.39 is 0 Å². The minimum Gasteiger partial charge on any atom is -0.304 e. The van der Waals surface area contributed by atoms with E-state index in [9.17, 15) is 0 Å². The number of nitrogens with zero attached hydrogens (tertiary/aromatic N) is 4. The third-order valence-corrected chi connectivity index (χ3v) is 5.65. The van der Waals surface area contributed by atoms with Crippen molar-refractivity contribution in [3.8, 4) is 0 Å². The first-order chi connectivity index (χ1) is 9.72. The van der Waals surface area contributed by atoms with E-state index in [1.807, 2.05) is 0 Å². The van der Waals surface area contributed by atoms with Crippen LogP contribution in [0.2, 0.25) is 0 Å². The Morgan fingerprint density at radius 2 is 1.60 bits per heavy atom. The number of piperazine rings is 2. The van der Waals surface area contributed by atoms with Crippen molar-refractivity contribution in [2.24, 2.45) is 0 Å². The summed E-state index contributed by atoms with van der Waals surface area (Å²) >= 11 is 0. The summed E-state index contributed by atoms with van der Waals surface area (Å²) in [5.74, 6) is 0. The molecule has 0 aromatic heterocycles. The molecule has 3 saturated heterocycles. The van der Waals surface area contributed by atoms with Gasteiger partial charge < -0.3 is 14.7 Å². The zero-order valence-electron chi connectivity index (χ0n) is 13.4. The summed E-state index contributed by atoms with van der Waals surface area (Å²) in [7, 11) is 4.53. The lowest BCUT2D eigenvalue weighted by molar-refractivity contribution is 0.0109. The normalized spacial score (nSPS) is 35.1. The van der Waals surface area contributed by atoms with E-state index >= 15 is 0 Å². The summed E-state index contributed by atoms with van der Waals surface area (Å²) in [5.41, 5.74) is 0. The maximum Gasteiger partial charge on any atom is 0.0226 e. The summed E-state index contributed by atoms with van der Waals surface area (Å²) < 4.78 is 0. The van der Waals surface area contributed by atoms with E-state index in [0.29, 0.717) is 0 Å². The fraction of sp³-hybridized carbons (Fsp3) is 1.00. The second-order valence-corrected chi connectivity index (χ2v) is 7.17. The second-order valence-electron chi connectivity index (χ2n) is 7.17. The van der Waals surface area contributed by atoms with Crippen LogP contribution in [0.4, 0.5) is 0 Å². The van der Waals surface area contributed by atoms with E-state index in [0.717, 1.165) is 12.1 Å². The molecule has 0 radical (unpaired) electrons. The highest BCUT2D eigenvalue weighted by atomic mass is 15.3. The van der Waals surface area contributed by atoms with Gasteiger partial charge in [-0.05, 0) is 39.9 Å². The highest BCUT2D eigenvalue weighted by Gasteiger charge is 2.33. The minimum absolute atomic E-state index is 0.847. The van der Waals surface area contributed by atoms with Gasteiger partial charge in [0, 0.05) is 57.9 Å². The Hall–Kier alpha value is -0.160. The summed E-state index contributed by atoms with van der Waals surface area (Å²) in [6, 6.07) is 1.71. The van der Waals surface area contributed by atoms with E-state index in [4.69, 9.17) is 0 Å². The lowest BCUT2D eigenvalue weighted by Gasteiger charge is -2.48. The molecule has 116 valence electrons. The number of fused-ring (bicyclic) bond motifs is 1. The van der Waals surface area contributed by atoms with Gasteiger partial charge in [-0.25, -0.2) is 0 Å². The van der Waals surface area contributed by atoms with Gasteiger partial charge >= 0.3 is 0 Å². The maximum absolute atomic E-state index is 2.85. The monoisotopic (exact) mass is 280 g/mol. The van der Waals surface area contributed by atoms with Crippen molar-refractivity contribution >= 4 is 0 Å². The Morgan fingerprint density at radius 1 is 0.850 bits per heavy atom. The topological polar surface area (TPSA) is 13.0 Å². The summed E-state index contributed by atoms with van der Waals surface area (Å²) in [6.45, 7) is 10.2. The Labute approximate surface area is 124 Å². The number of likely N-dealkylation sites (N-methyl/N-ethyl adjacent to an activating group) is 2. The molecule has 3 heterocycles. The second kappa shape index (κ2) is 6.73. The van der Waals surface area contributed by atoms with Gasteiger partial charge in [-0.1, -0.05) is 6.42 Å². The highest BCUT2D eigenvalue weighted by Crippen LogP contribution is 2.27. The molecular weight excluding hydrogens is 248 g/mol. The number of piperidine rings is 1. The molecule has 0 amide bonds. The summed E-state index contributed by atoms with van der Waals surface area (Å²) in [5, 5.41) is 0. The van der Waals surface area contributed by atoms with Crippen molar-refractivity contribution in [2.45, 2.75) is 37.8 Å². The fourth-order valence-electron chi connectivity index (χ4n) is 4.23. The van der Waals surface area contributed by atoms with Gasteiger partial charge in [0.15, 0.2) is 0 Å². The average molecular weight is 280 g/mol. The van der Waals surface area contributed by atoms with Crippen LogP contribution in [0.25, 0.3) is 0 Å². The lowest BCUT2D eigenvalue weighted by atomic mass is 9.91. The molecule has 0 aliphatic carbocycles. The first-order valence-electron chi connectivity index (χ1n) is 8.57. The smallest absolute Gasteiger partial charge is 0.0226 e. The SMILES string of the molecule is CN1CCN(CCC2CCCC3CN(C)CCN23)CC1.